The van der Waals surface area contributed by atoms with Crippen LogP contribution in [0.25, 0.3) is 0 Å². The molecule has 1 aliphatic heterocycles. The third-order valence-corrected chi connectivity index (χ3v) is 4.68. The van der Waals surface area contributed by atoms with E-state index in [0.717, 1.165) is 26.0 Å². The molecule has 1 aromatic heterocycles. The van der Waals surface area contributed by atoms with Crippen molar-refractivity contribution in [1.29, 1.82) is 0 Å². The van der Waals surface area contributed by atoms with E-state index in [-0.39, 0.29) is 6.04 Å². The van der Waals surface area contributed by atoms with E-state index in [1.54, 1.807) is 0 Å². The van der Waals surface area contributed by atoms with Gasteiger partial charge in [-0.05, 0) is 49.7 Å². The minimum Gasteiger partial charge on any atom is -0.376 e. The smallest absolute Gasteiger partial charge is 0.0754 e. The molecule has 0 saturated carbocycles. The Kier molecular flexibility index (Phi) is 3.22. The van der Waals surface area contributed by atoms with E-state index in [1.807, 2.05) is 0 Å². The highest BCUT2D eigenvalue weighted by atomic mass is 16.5. The Morgan fingerprint density at radius 1 is 1.47 bits per heavy atom. The number of aryl methyl sites for hydroxylation is 1. The molecule has 0 radical (unpaired) electrons. The minimum atomic E-state index is 0.197. The van der Waals surface area contributed by atoms with Crippen molar-refractivity contribution in [2.45, 2.75) is 65.1 Å². The Bertz CT molecular complexity index is 469. The summed E-state index contributed by atoms with van der Waals surface area (Å²) in [6, 6.07) is 2.49. The average molecular weight is 262 g/mol. The SMILES string of the molecule is Cc1cc2c(n1CC1CCCO1)CC(C)(C)CC2N. The van der Waals surface area contributed by atoms with Gasteiger partial charge in [0.15, 0.2) is 0 Å². The lowest BCUT2D eigenvalue weighted by Gasteiger charge is -2.35. The summed E-state index contributed by atoms with van der Waals surface area (Å²) in [7, 11) is 0. The molecule has 0 aromatic carbocycles. The summed E-state index contributed by atoms with van der Waals surface area (Å²) in [5.74, 6) is 0. The van der Waals surface area contributed by atoms with Gasteiger partial charge in [0, 0.05) is 30.6 Å². The summed E-state index contributed by atoms with van der Waals surface area (Å²) in [4.78, 5) is 0. The number of rotatable bonds is 2. The molecular weight excluding hydrogens is 236 g/mol. The second-order valence-electron chi connectivity index (χ2n) is 7.08. The Labute approximate surface area is 116 Å². The summed E-state index contributed by atoms with van der Waals surface area (Å²) < 4.78 is 8.26. The average Bonchev–Trinajstić information content (AvgIpc) is 2.90. The molecule has 19 heavy (non-hydrogen) atoms. The number of hydrogen-bond acceptors (Lipinski definition) is 2. The maximum Gasteiger partial charge on any atom is 0.0754 e. The van der Waals surface area contributed by atoms with Crippen LogP contribution in [0.5, 0.6) is 0 Å². The van der Waals surface area contributed by atoms with Gasteiger partial charge in [-0.1, -0.05) is 13.8 Å². The van der Waals surface area contributed by atoms with Crippen molar-refractivity contribution in [1.82, 2.24) is 4.57 Å². The van der Waals surface area contributed by atoms with Gasteiger partial charge in [-0.25, -0.2) is 0 Å². The predicted molar refractivity (Wildman–Crippen MR) is 77.2 cm³/mol. The minimum absolute atomic E-state index is 0.197. The van der Waals surface area contributed by atoms with E-state index in [0.29, 0.717) is 11.5 Å². The molecule has 1 fully saturated rings. The Hall–Kier alpha value is -0.800. The molecule has 2 N–H and O–H groups in total. The molecule has 1 aromatic rings. The largest absolute Gasteiger partial charge is 0.376 e. The first-order valence-electron chi connectivity index (χ1n) is 7.52. The van der Waals surface area contributed by atoms with Gasteiger partial charge in [-0.15, -0.1) is 0 Å². The maximum atomic E-state index is 6.37. The lowest BCUT2D eigenvalue weighted by molar-refractivity contribution is 0.0951. The van der Waals surface area contributed by atoms with Gasteiger partial charge >= 0.3 is 0 Å². The molecule has 2 heterocycles. The first-order chi connectivity index (χ1) is 8.96. The highest BCUT2D eigenvalue weighted by Gasteiger charge is 2.33. The molecule has 0 bridgehead atoms. The molecule has 2 aliphatic rings. The fraction of sp³-hybridized carbons (Fsp3) is 0.750. The molecule has 3 rings (SSSR count). The van der Waals surface area contributed by atoms with Gasteiger partial charge in [0.2, 0.25) is 0 Å². The number of hydrogen-bond donors (Lipinski definition) is 1. The van der Waals surface area contributed by atoms with E-state index in [2.05, 4.69) is 31.4 Å². The van der Waals surface area contributed by atoms with Crippen LogP contribution in [0.4, 0.5) is 0 Å². The lowest BCUT2D eigenvalue weighted by Crippen LogP contribution is -2.31. The van der Waals surface area contributed by atoms with E-state index >= 15 is 0 Å². The number of aromatic nitrogens is 1. The summed E-state index contributed by atoms with van der Waals surface area (Å²) >= 11 is 0. The van der Waals surface area contributed by atoms with Crippen LogP contribution in [0.2, 0.25) is 0 Å². The van der Waals surface area contributed by atoms with Crippen molar-refractivity contribution in [2.75, 3.05) is 6.61 Å². The molecule has 106 valence electrons. The van der Waals surface area contributed by atoms with Crippen LogP contribution in [0, 0.1) is 12.3 Å². The zero-order chi connectivity index (χ0) is 13.6. The van der Waals surface area contributed by atoms with Crippen molar-refractivity contribution in [3.63, 3.8) is 0 Å². The van der Waals surface area contributed by atoms with Crippen molar-refractivity contribution >= 4 is 0 Å². The number of fused-ring (bicyclic) bond motifs is 1. The summed E-state index contributed by atoms with van der Waals surface area (Å²) in [5, 5.41) is 0. The van der Waals surface area contributed by atoms with Gasteiger partial charge in [-0.2, -0.15) is 0 Å². The van der Waals surface area contributed by atoms with Crippen molar-refractivity contribution < 1.29 is 4.74 Å². The Morgan fingerprint density at radius 2 is 2.26 bits per heavy atom. The fourth-order valence-corrected chi connectivity index (χ4v) is 3.75. The second-order valence-corrected chi connectivity index (χ2v) is 7.08. The molecule has 0 spiro atoms. The van der Waals surface area contributed by atoms with Gasteiger partial charge < -0.3 is 15.0 Å². The third-order valence-electron chi connectivity index (χ3n) is 4.68. The van der Waals surface area contributed by atoms with Gasteiger partial charge in [0.1, 0.15) is 0 Å². The number of ether oxygens (including phenoxy) is 1. The zero-order valence-electron chi connectivity index (χ0n) is 12.4. The monoisotopic (exact) mass is 262 g/mol. The molecule has 3 nitrogen and oxygen atoms in total. The normalized spacial score (nSPS) is 29.5. The maximum absolute atomic E-state index is 6.37. The van der Waals surface area contributed by atoms with Crippen LogP contribution in [0.15, 0.2) is 6.07 Å². The van der Waals surface area contributed by atoms with Gasteiger partial charge in [-0.3, -0.25) is 0 Å². The molecule has 3 heteroatoms. The quantitative estimate of drug-likeness (QED) is 0.890. The van der Waals surface area contributed by atoms with Crippen LogP contribution in [-0.2, 0) is 17.7 Å². The summed E-state index contributed by atoms with van der Waals surface area (Å²) in [5.41, 5.74) is 10.8. The van der Waals surface area contributed by atoms with E-state index in [1.165, 1.54) is 29.8 Å². The highest BCUT2D eigenvalue weighted by molar-refractivity contribution is 5.34. The van der Waals surface area contributed by atoms with E-state index in [4.69, 9.17) is 10.5 Å². The first-order valence-corrected chi connectivity index (χ1v) is 7.52. The van der Waals surface area contributed by atoms with Gasteiger partial charge in [0.25, 0.3) is 0 Å². The molecule has 2 unspecified atom stereocenters. The molecular formula is C16H26N2O. The van der Waals surface area contributed by atoms with E-state index < -0.39 is 0 Å². The summed E-state index contributed by atoms with van der Waals surface area (Å²) in [6.07, 6.45) is 5.02. The topological polar surface area (TPSA) is 40.2 Å². The van der Waals surface area contributed by atoms with Crippen LogP contribution in [0.3, 0.4) is 0 Å². The van der Waals surface area contributed by atoms with Crippen LogP contribution in [-0.4, -0.2) is 17.3 Å². The lowest BCUT2D eigenvalue weighted by atomic mass is 9.74. The van der Waals surface area contributed by atoms with Crippen molar-refractivity contribution in [2.24, 2.45) is 11.1 Å². The van der Waals surface area contributed by atoms with Crippen molar-refractivity contribution in [3.8, 4) is 0 Å². The van der Waals surface area contributed by atoms with Crippen LogP contribution in [0.1, 0.15) is 56.1 Å². The van der Waals surface area contributed by atoms with Gasteiger partial charge in [0.05, 0.1) is 6.10 Å². The second kappa shape index (κ2) is 4.64. The molecule has 2 atom stereocenters. The standard InChI is InChI=1S/C16H26N2O/c1-11-7-13-14(17)8-16(2,3)9-15(13)18(11)10-12-5-4-6-19-12/h7,12,14H,4-6,8-10,17H2,1-3H3. The van der Waals surface area contributed by atoms with Crippen molar-refractivity contribution in [3.05, 3.63) is 23.0 Å². The highest BCUT2D eigenvalue weighted by Crippen LogP contribution is 2.41. The predicted octanol–water partition coefficient (Wildman–Crippen LogP) is 2.95. The number of nitrogens with two attached hydrogens (primary N) is 1. The third kappa shape index (κ3) is 2.46. The number of nitrogens with zero attached hydrogens (tertiary/aromatic N) is 1. The van der Waals surface area contributed by atoms with Crippen LogP contribution >= 0.6 is 0 Å². The Balaban J connectivity index is 1.92. The zero-order valence-corrected chi connectivity index (χ0v) is 12.4. The fourth-order valence-electron chi connectivity index (χ4n) is 3.75. The van der Waals surface area contributed by atoms with E-state index in [9.17, 15) is 0 Å². The summed E-state index contributed by atoms with van der Waals surface area (Å²) in [6.45, 7) is 8.79. The Morgan fingerprint density at radius 3 is 2.95 bits per heavy atom. The molecule has 1 saturated heterocycles. The molecule has 0 amide bonds. The van der Waals surface area contributed by atoms with Crippen LogP contribution < -0.4 is 5.73 Å². The first kappa shape index (κ1) is 13.2. The molecule has 1 aliphatic carbocycles.